The Labute approximate surface area is 131 Å². The normalized spacial score (nSPS) is 10.6. The molecule has 22 heavy (non-hydrogen) atoms. The van der Waals surface area contributed by atoms with Gasteiger partial charge in [0.05, 0.1) is 11.4 Å². The van der Waals surface area contributed by atoms with Crippen molar-refractivity contribution in [3.63, 3.8) is 0 Å². The zero-order valence-corrected chi connectivity index (χ0v) is 12.4. The highest BCUT2D eigenvalue weighted by molar-refractivity contribution is 6.32. The van der Waals surface area contributed by atoms with Gasteiger partial charge in [-0.1, -0.05) is 29.8 Å². The molecule has 0 aliphatic carbocycles. The second kappa shape index (κ2) is 7.22. The van der Waals surface area contributed by atoms with Gasteiger partial charge in [0.25, 0.3) is 0 Å². The highest BCUT2D eigenvalue weighted by Gasteiger charge is 2.10. The van der Waals surface area contributed by atoms with Crippen LogP contribution in [-0.4, -0.2) is 12.6 Å². The Morgan fingerprint density at radius 3 is 2.50 bits per heavy atom. The standard InChI is InChI=1S/C16H13ClF2O3/c1-10-2-7-13(17)14(8-10)22-15(20)9-11-3-5-12(6-4-11)21-16(18)19/h2-8,16H,9H2,1H3. The molecular weight excluding hydrogens is 314 g/mol. The van der Waals surface area contributed by atoms with Crippen molar-refractivity contribution < 1.29 is 23.0 Å². The van der Waals surface area contributed by atoms with Crippen LogP contribution in [0.5, 0.6) is 11.5 Å². The molecule has 0 aromatic heterocycles. The molecule has 0 saturated heterocycles. The second-order valence-electron chi connectivity index (χ2n) is 4.61. The first-order valence-electron chi connectivity index (χ1n) is 6.44. The Balaban J connectivity index is 1.98. The molecule has 0 fully saturated rings. The zero-order valence-electron chi connectivity index (χ0n) is 11.7. The summed E-state index contributed by atoms with van der Waals surface area (Å²) in [6.07, 6.45) is -0.000765. The minimum absolute atomic E-state index is 0.000765. The number of alkyl halides is 2. The van der Waals surface area contributed by atoms with Crippen LogP contribution < -0.4 is 9.47 Å². The van der Waals surface area contributed by atoms with Crippen molar-refractivity contribution in [2.45, 2.75) is 20.0 Å². The maximum atomic E-state index is 12.0. The van der Waals surface area contributed by atoms with Gasteiger partial charge in [-0.15, -0.1) is 0 Å². The average Bonchev–Trinajstić information content (AvgIpc) is 2.44. The van der Waals surface area contributed by atoms with Gasteiger partial charge in [0.1, 0.15) is 11.5 Å². The van der Waals surface area contributed by atoms with Crippen LogP contribution in [0.25, 0.3) is 0 Å². The van der Waals surface area contributed by atoms with E-state index in [1.54, 1.807) is 18.2 Å². The van der Waals surface area contributed by atoms with Gasteiger partial charge in [-0.2, -0.15) is 8.78 Å². The molecule has 0 atom stereocenters. The number of hydrogen-bond acceptors (Lipinski definition) is 3. The van der Waals surface area contributed by atoms with Gasteiger partial charge in [-0.25, -0.2) is 0 Å². The Bertz CT molecular complexity index is 657. The Hall–Kier alpha value is -2.14. The van der Waals surface area contributed by atoms with Gasteiger partial charge >= 0.3 is 12.6 Å². The van der Waals surface area contributed by atoms with Crippen LogP contribution in [-0.2, 0) is 11.2 Å². The molecule has 6 heteroatoms. The van der Waals surface area contributed by atoms with Crippen molar-refractivity contribution in [3.05, 3.63) is 58.6 Å². The predicted octanol–water partition coefficient (Wildman–Crippen LogP) is 4.40. The molecule has 0 amide bonds. The maximum Gasteiger partial charge on any atom is 0.387 e. The summed E-state index contributed by atoms with van der Waals surface area (Å²) in [6.45, 7) is -1.02. The van der Waals surface area contributed by atoms with E-state index in [1.165, 1.54) is 24.3 Å². The van der Waals surface area contributed by atoms with Crippen LogP contribution in [0.1, 0.15) is 11.1 Å². The first-order chi connectivity index (χ1) is 10.4. The largest absolute Gasteiger partial charge is 0.435 e. The van der Waals surface area contributed by atoms with Gasteiger partial charge in [0, 0.05) is 0 Å². The molecule has 0 unspecified atom stereocenters. The van der Waals surface area contributed by atoms with Crippen molar-refractivity contribution in [2.24, 2.45) is 0 Å². The van der Waals surface area contributed by atoms with E-state index < -0.39 is 12.6 Å². The van der Waals surface area contributed by atoms with E-state index in [2.05, 4.69) is 4.74 Å². The summed E-state index contributed by atoms with van der Waals surface area (Å²) < 4.78 is 33.5. The van der Waals surface area contributed by atoms with Gasteiger partial charge in [-0.05, 0) is 42.3 Å². The molecular formula is C16H13ClF2O3. The molecule has 2 aromatic rings. The number of carbonyl (C=O) groups excluding carboxylic acids is 1. The molecule has 0 radical (unpaired) electrons. The fraction of sp³-hybridized carbons (Fsp3) is 0.188. The molecule has 2 rings (SSSR count). The smallest absolute Gasteiger partial charge is 0.387 e. The van der Waals surface area contributed by atoms with Crippen molar-refractivity contribution >= 4 is 17.6 Å². The lowest BCUT2D eigenvalue weighted by atomic mass is 10.1. The highest BCUT2D eigenvalue weighted by Crippen LogP contribution is 2.25. The molecule has 0 heterocycles. The Morgan fingerprint density at radius 2 is 1.86 bits per heavy atom. The second-order valence-corrected chi connectivity index (χ2v) is 5.01. The van der Waals surface area contributed by atoms with E-state index in [0.717, 1.165) is 5.56 Å². The quantitative estimate of drug-likeness (QED) is 0.603. The summed E-state index contributed by atoms with van der Waals surface area (Å²) in [4.78, 5) is 11.9. The van der Waals surface area contributed by atoms with Gasteiger partial charge < -0.3 is 9.47 Å². The van der Waals surface area contributed by atoms with Crippen molar-refractivity contribution in [2.75, 3.05) is 0 Å². The topological polar surface area (TPSA) is 35.5 Å². The number of ether oxygens (including phenoxy) is 2. The molecule has 0 bridgehead atoms. The number of carbonyl (C=O) groups is 1. The van der Waals surface area contributed by atoms with Gasteiger partial charge in [-0.3, -0.25) is 4.79 Å². The third-order valence-electron chi connectivity index (χ3n) is 2.81. The third kappa shape index (κ3) is 4.70. The summed E-state index contributed by atoms with van der Waals surface area (Å²) in [5, 5.41) is 0.347. The summed E-state index contributed by atoms with van der Waals surface area (Å²) in [5.41, 5.74) is 1.54. The third-order valence-corrected chi connectivity index (χ3v) is 3.12. The van der Waals surface area contributed by atoms with Crippen LogP contribution in [0.3, 0.4) is 0 Å². The Kier molecular flexibility index (Phi) is 5.33. The summed E-state index contributed by atoms with van der Waals surface area (Å²) in [6, 6.07) is 10.9. The van der Waals surface area contributed by atoms with Crippen molar-refractivity contribution in [1.29, 1.82) is 0 Å². The lowest BCUT2D eigenvalue weighted by Crippen LogP contribution is -2.11. The van der Waals surface area contributed by atoms with Crippen molar-refractivity contribution in [3.8, 4) is 11.5 Å². The first kappa shape index (κ1) is 16.2. The van der Waals surface area contributed by atoms with E-state index in [0.29, 0.717) is 16.3 Å². The Morgan fingerprint density at radius 1 is 1.18 bits per heavy atom. The maximum absolute atomic E-state index is 12.0. The molecule has 0 saturated carbocycles. The van der Waals surface area contributed by atoms with E-state index >= 15 is 0 Å². The number of hydrogen-bond donors (Lipinski definition) is 0. The molecule has 0 N–H and O–H groups in total. The predicted molar refractivity (Wildman–Crippen MR) is 78.6 cm³/mol. The van der Waals surface area contributed by atoms with Crippen LogP contribution in [0.2, 0.25) is 5.02 Å². The van der Waals surface area contributed by atoms with E-state index in [1.807, 2.05) is 6.92 Å². The fourth-order valence-electron chi connectivity index (χ4n) is 1.80. The molecule has 0 aliphatic heterocycles. The molecule has 0 aliphatic rings. The van der Waals surface area contributed by atoms with Gasteiger partial charge in [0.2, 0.25) is 0 Å². The molecule has 3 nitrogen and oxygen atoms in total. The van der Waals surface area contributed by atoms with E-state index in [9.17, 15) is 13.6 Å². The number of benzene rings is 2. The monoisotopic (exact) mass is 326 g/mol. The zero-order chi connectivity index (χ0) is 16.1. The summed E-state index contributed by atoms with van der Waals surface area (Å²) in [5.74, 6) is -0.159. The van der Waals surface area contributed by atoms with E-state index in [4.69, 9.17) is 16.3 Å². The first-order valence-corrected chi connectivity index (χ1v) is 6.82. The van der Waals surface area contributed by atoms with E-state index in [-0.39, 0.29) is 12.2 Å². The molecule has 0 spiro atoms. The minimum Gasteiger partial charge on any atom is -0.435 e. The number of esters is 1. The van der Waals surface area contributed by atoms with Gasteiger partial charge in [0.15, 0.2) is 0 Å². The lowest BCUT2D eigenvalue weighted by Gasteiger charge is -2.08. The van der Waals surface area contributed by atoms with Crippen LogP contribution in [0.4, 0.5) is 8.78 Å². The fourth-order valence-corrected chi connectivity index (χ4v) is 1.96. The summed E-state index contributed by atoms with van der Waals surface area (Å²) in [7, 11) is 0. The molecule has 2 aromatic carbocycles. The summed E-state index contributed by atoms with van der Waals surface area (Å²) >= 11 is 5.95. The lowest BCUT2D eigenvalue weighted by molar-refractivity contribution is -0.133. The van der Waals surface area contributed by atoms with Crippen LogP contribution in [0.15, 0.2) is 42.5 Å². The molecule has 116 valence electrons. The number of rotatable bonds is 5. The number of halogens is 3. The SMILES string of the molecule is Cc1ccc(Cl)c(OC(=O)Cc2ccc(OC(F)F)cc2)c1. The van der Waals surface area contributed by atoms with Crippen LogP contribution >= 0.6 is 11.6 Å². The minimum atomic E-state index is -2.88. The van der Waals surface area contributed by atoms with Crippen molar-refractivity contribution in [1.82, 2.24) is 0 Å². The number of aryl methyl sites for hydroxylation is 1. The van der Waals surface area contributed by atoms with Crippen LogP contribution in [0, 0.1) is 6.92 Å². The highest BCUT2D eigenvalue weighted by atomic mass is 35.5. The average molecular weight is 327 g/mol.